The molecule has 2 unspecified atom stereocenters. The molecule has 0 aliphatic rings. The molecule has 18 heteroatoms. The zero-order valence-electron chi connectivity index (χ0n) is 9.72. The van der Waals surface area contributed by atoms with E-state index in [4.69, 9.17) is 43.5 Å². The maximum Gasteiger partial charge on any atom is 1.00 e. The van der Waals surface area contributed by atoms with Crippen molar-refractivity contribution in [3.63, 3.8) is 0 Å². The summed E-state index contributed by atoms with van der Waals surface area (Å²) in [5.41, 5.74) is 0. The van der Waals surface area contributed by atoms with Crippen molar-refractivity contribution >= 4 is 38.5 Å². The first-order valence-electron chi connectivity index (χ1n) is 2.00. The van der Waals surface area contributed by atoms with Crippen LogP contribution < -0.4 is 118 Å². The molecule has 0 fully saturated rings. The second-order valence-electron chi connectivity index (χ2n) is 1.22. The molecule has 0 aromatic rings. The first kappa shape index (κ1) is 37.9. The van der Waals surface area contributed by atoms with E-state index in [1.165, 1.54) is 0 Å². The zero-order valence-corrected chi connectivity index (χ0v) is 21.0. The average molecular weight is 380 g/mol. The molecule has 88 valence electrons. The minimum Gasteiger partial charge on any atom is -0.761 e. The van der Waals surface area contributed by atoms with Gasteiger partial charge >= 0.3 is 118 Å². The Labute approximate surface area is 196 Å². The van der Waals surface area contributed by atoms with Crippen molar-refractivity contribution < 1.29 is 162 Å². The first-order chi connectivity index (χ1) is 5.89. The summed E-state index contributed by atoms with van der Waals surface area (Å²) in [6, 6.07) is 0. The molecule has 0 saturated heterocycles. The first-order valence-corrected chi connectivity index (χ1v) is 8.00. The molecule has 0 N–H and O–H groups in total. The van der Waals surface area contributed by atoms with E-state index in [9.17, 15) is 0 Å². The van der Waals surface area contributed by atoms with Crippen LogP contribution in [0, 0.1) is 0 Å². The Hall–Kier alpha value is 4.04. The van der Waals surface area contributed by atoms with Crippen LogP contribution in [-0.2, 0) is 38.5 Å². The third-order valence-electron chi connectivity index (χ3n) is 0.333. The van der Waals surface area contributed by atoms with Gasteiger partial charge in [0.1, 0.15) is 0 Å². The molecule has 2 atom stereocenters. The molecule has 0 aromatic carbocycles. The zero-order chi connectivity index (χ0) is 12.2. The van der Waals surface area contributed by atoms with Crippen LogP contribution in [-0.4, -0.2) is 43.5 Å². The maximum atomic E-state index is 9.16. The summed E-state index contributed by atoms with van der Waals surface area (Å²) < 4.78 is 91.5. The van der Waals surface area contributed by atoms with E-state index in [1.54, 1.807) is 0 Å². The molecular formula is Na4O10S4. The normalized spacial score (nSPS) is 12.7. The fourth-order valence-corrected chi connectivity index (χ4v) is 0. The van der Waals surface area contributed by atoms with Crippen LogP contribution in [0.1, 0.15) is 0 Å². The van der Waals surface area contributed by atoms with Crippen molar-refractivity contribution in [2.45, 2.75) is 0 Å². The predicted octanol–water partition coefficient (Wildman–Crippen LogP) is -15.3. The van der Waals surface area contributed by atoms with E-state index in [-0.39, 0.29) is 118 Å². The summed E-state index contributed by atoms with van der Waals surface area (Å²) in [6.07, 6.45) is 0. The van der Waals surface area contributed by atoms with Gasteiger partial charge in [-0.05, 0) is 0 Å². The van der Waals surface area contributed by atoms with E-state index in [0.717, 1.165) is 0 Å². The fourth-order valence-electron chi connectivity index (χ4n) is 0. The van der Waals surface area contributed by atoms with E-state index < -0.39 is 38.5 Å². The quantitative estimate of drug-likeness (QED) is 0.192. The van der Waals surface area contributed by atoms with Crippen LogP contribution in [0.25, 0.3) is 0 Å². The van der Waals surface area contributed by atoms with Crippen LogP contribution in [0.3, 0.4) is 0 Å². The molecule has 0 amide bonds. The maximum absolute atomic E-state index is 9.16. The van der Waals surface area contributed by atoms with Gasteiger partial charge in [-0.2, -0.15) is 0 Å². The van der Waals surface area contributed by atoms with Gasteiger partial charge in [-0.25, -0.2) is 16.8 Å². The summed E-state index contributed by atoms with van der Waals surface area (Å²) in [7, 11) is -17.2. The van der Waals surface area contributed by atoms with Gasteiger partial charge in [-0.3, -0.25) is 8.42 Å². The largest absolute Gasteiger partial charge is 1.00 e. The van der Waals surface area contributed by atoms with Crippen molar-refractivity contribution in [2.75, 3.05) is 0 Å². The molecule has 0 radical (unpaired) electrons. The smallest absolute Gasteiger partial charge is 0.761 e. The van der Waals surface area contributed by atoms with Crippen LogP contribution in [0.5, 0.6) is 0 Å². The molecule has 0 aromatic heterocycles. The molecule has 0 heterocycles. The van der Waals surface area contributed by atoms with Gasteiger partial charge in [0.25, 0.3) is 0 Å². The van der Waals surface area contributed by atoms with E-state index in [2.05, 4.69) is 0 Å². The molecule has 10 nitrogen and oxygen atoms in total. The molecule has 0 spiro atoms. The molecular weight excluding hydrogens is 380 g/mol. The van der Waals surface area contributed by atoms with Crippen LogP contribution >= 0.6 is 0 Å². The monoisotopic (exact) mass is 380 g/mol. The van der Waals surface area contributed by atoms with E-state index in [0.29, 0.717) is 0 Å². The minimum atomic E-state index is -5.07. The van der Waals surface area contributed by atoms with Gasteiger partial charge in [0.2, 0.25) is 0 Å². The van der Waals surface area contributed by atoms with E-state index >= 15 is 0 Å². The molecule has 0 rings (SSSR count). The minimum absolute atomic E-state index is 0. The predicted molar refractivity (Wildman–Crippen MR) is 37.2 cm³/mol. The van der Waals surface area contributed by atoms with Crippen molar-refractivity contribution in [1.29, 1.82) is 0 Å². The van der Waals surface area contributed by atoms with Gasteiger partial charge in [0.05, 0.1) is 20.2 Å². The Kier molecular flexibility index (Phi) is 36.6. The Morgan fingerprint density at radius 3 is 0.667 bits per heavy atom. The van der Waals surface area contributed by atoms with Gasteiger partial charge in [0.15, 0.2) is 18.3 Å². The van der Waals surface area contributed by atoms with Crippen LogP contribution in [0.15, 0.2) is 0 Å². The summed E-state index contributed by atoms with van der Waals surface area (Å²) in [5, 5.41) is 0. The summed E-state index contributed by atoms with van der Waals surface area (Å²) >= 11 is 0. The second-order valence-corrected chi connectivity index (χ2v) is 7.76. The van der Waals surface area contributed by atoms with Crippen LogP contribution in [0.4, 0.5) is 0 Å². The molecule has 0 aliphatic carbocycles. The van der Waals surface area contributed by atoms with Gasteiger partial charge in [0, 0.05) is 0 Å². The van der Waals surface area contributed by atoms with Gasteiger partial charge < -0.3 is 18.2 Å². The van der Waals surface area contributed by atoms with Crippen LogP contribution in [0.2, 0.25) is 0 Å². The fraction of sp³-hybridized carbons (Fsp3) is 0. The van der Waals surface area contributed by atoms with Crippen molar-refractivity contribution in [2.24, 2.45) is 0 Å². The molecule has 0 bridgehead atoms. The SMILES string of the molecule is O=S([O-])S(=O)(=O)[O-].O=S([O-])S(=O)(=O)[O-].[Na+].[Na+].[Na+].[Na+]. The molecule has 18 heavy (non-hydrogen) atoms. The number of hydrogen-bond acceptors (Lipinski definition) is 10. The Morgan fingerprint density at radius 2 is 0.667 bits per heavy atom. The third-order valence-corrected chi connectivity index (χ3v) is 3.00. The summed E-state index contributed by atoms with van der Waals surface area (Å²) in [5.74, 6) is 0. The molecule has 0 saturated carbocycles. The summed E-state index contributed by atoms with van der Waals surface area (Å²) in [4.78, 5) is 0. The third kappa shape index (κ3) is 28.2. The Balaban J connectivity index is -0.0000000327. The Bertz CT molecular complexity index is 377. The topological polar surface area (TPSA) is 195 Å². The average Bonchev–Trinajstić information content (AvgIpc) is 1.83. The van der Waals surface area contributed by atoms with Gasteiger partial charge in [-0.15, -0.1) is 0 Å². The standard InChI is InChI=1S/4Na.2H2O5S2/c;;;;2*1-6(2)7(3,4)5/h;;;;2*(H,1,2)(H,3,4,5)/q4*+1;;/p-4. The second kappa shape index (κ2) is 17.4. The van der Waals surface area contributed by atoms with Crippen molar-refractivity contribution in [1.82, 2.24) is 0 Å². The van der Waals surface area contributed by atoms with Crippen molar-refractivity contribution in [3.05, 3.63) is 0 Å². The van der Waals surface area contributed by atoms with Crippen molar-refractivity contribution in [3.8, 4) is 0 Å². The van der Waals surface area contributed by atoms with E-state index in [1.807, 2.05) is 0 Å². The summed E-state index contributed by atoms with van der Waals surface area (Å²) in [6.45, 7) is 0. The number of rotatable bonds is 2. The molecule has 0 aliphatic heterocycles. The van der Waals surface area contributed by atoms with Gasteiger partial charge in [-0.1, -0.05) is 0 Å². The Morgan fingerprint density at radius 1 is 0.611 bits per heavy atom. The number of hydrogen-bond donors (Lipinski definition) is 0.